The van der Waals surface area contributed by atoms with E-state index in [0.717, 1.165) is 43.8 Å². The van der Waals surface area contributed by atoms with Gasteiger partial charge in [-0.2, -0.15) is 0 Å². The van der Waals surface area contributed by atoms with E-state index in [-0.39, 0.29) is 5.91 Å². The van der Waals surface area contributed by atoms with Gasteiger partial charge in [0.1, 0.15) is 0 Å². The summed E-state index contributed by atoms with van der Waals surface area (Å²) >= 11 is 0. The van der Waals surface area contributed by atoms with Gasteiger partial charge in [-0.15, -0.1) is 0 Å². The van der Waals surface area contributed by atoms with Gasteiger partial charge in [0.2, 0.25) is 0 Å². The van der Waals surface area contributed by atoms with Crippen molar-refractivity contribution in [1.29, 1.82) is 0 Å². The van der Waals surface area contributed by atoms with Crippen molar-refractivity contribution in [3.05, 3.63) is 29.8 Å². The highest BCUT2D eigenvalue weighted by atomic mass is 16.5. The zero-order valence-corrected chi connectivity index (χ0v) is 13.6. The summed E-state index contributed by atoms with van der Waals surface area (Å²) in [7, 11) is 0. The lowest BCUT2D eigenvalue weighted by Gasteiger charge is -2.50. The summed E-state index contributed by atoms with van der Waals surface area (Å²) in [5, 5.41) is 2.90. The van der Waals surface area contributed by atoms with Crippen molar-refractivity contribution in [3.8, 4) is 0 Å². The highest BCUT2D eigenvalue weighted by molar-refractivity contribution is 6.01. The topological polar surface area (TPSA) is 58.6 Å². The Morgan fingerprint density at radius 3 is 2.48 bits per heavy atom. The van der Waals surface area contributed by atoms with Crippen LogP contribution in [0.25, 0.3) is 0 Å². The second kappa shape index (κ2) is 6.68. The van der Waals surface area contributed by atoms with Crippen LogP contribution in [0.15, 0.2) is 24.3 Å². The number of carbonyl (C=O) groups excluding carboxylic acids is 2. The number of quaternary nitrogens is 1. The number of amides is 1. The summed E-state index contributed by atoms with van der Waals surface area (Å²) in [5.41, 5.74) is 0.941. The maximum absolute atomic E-state index is 12.5. The normalized spacial score (nSPS) is 25.9. The molecule has 3 aliphatic heterocycles. The predicted molar refractivity (Wildman–Crippen MR) is 87.2 cm³/mol. The van der Waals surface area contributed by atoms with Crippen molar-refractivity contribution in [1.82, 2.24) is 4.90 Å². The third-order valence-corrected chi connectivity index (χ3v) is 4.85. The fraction of sp³-hybridized carbons (Fsp3) is 0.529. The first kappa shape index (κ1) is 16.0. The van der Waals surface area contributed by atoms with Gasteiger partial charge in [0.25, 0.3) is 5.91 Å². The zero-order valence-electron chi connectivity index (χ0n) is 13.6. The van der Waals surface area contributed by atoms with Crippen molar-refractivity contribution < 1.29 is 18.8 Å². The van der Waals surface area contributed by atoms with Crippen LogP contribution in [0.4, 0.5) is 5.69 Å². The number of nitrogens with zero attached hydrogens (tertiary/aromatic N) is 2. The van der Waals surface area contributed by atoms with E-state index < -0.39 is 5.97 Å². The van der Waals surface area contributed by atoms with Crippen LogP contribution in [0.1, 0.15) is 17.3 Å². The Hall–Kier alpha value is -1.92. The SMILES string of the molecule is CCOC(=O)c1ccccc1NC(=O)C[N+]12CCN(CC1)CC2. The van der Waals surface area contributed by atoms with Crippen LogP contribution in [0.5, 0.6) is 0 Å². The Labute approximate surface area is 136 Å². The van der Waals surface area contributed by atoms with Crippen LogP contribution in [-0.4, -0.2) is 73.7 Å². The molecule has 2 bridgehead atoms. The first-order valence-electron chi connectivity index (χ1n) is 8.25. The molecule has 3 saturated heterocycles. The van der Waals surface area contributed by atoms with Crippen LogP contribution in [0.2, 0.25) is 0 Å². The van der Waals surface area contributed by atoms with Crippen molar-refractivity contribution in [2.75, 3.05) is 57.7 Å². The number of anilines is 1. The van der Waals surface area contributed by atoms with E-state index in [1.165, 1.54) is 0 Å². The van der Waals surface area contributed by atoms with Gasteiger partial charge in [-0.1, -0.05) is 12.1 Å². The number of rotatable bonds is 5. The second-order valence-corrected chi connectivity index (χ2v) is 6.33. The molecule has 6 heteroatoms. The average molecular weight is 318 g/mol. The van der Waals surface area contributed by atoms with Crippen LogP contribution in [0.3, 0.4) is 0 Å². The molecule has 1 aromatic carbocycles. The summed E-state index contributed by atoms with van der Waals surface area (Å²) < 4.78 is 5.91. The van der Waals surface area contributed by atoms with Crippen LogP contribution in [0, 0.1) is 0 Å². The number of fused-ring (bicyclic) bond motifs is 3. The maximum atomic E-state index is 12.5. The van der Waals surface area contributed by atoms with Gasteiger partial charge in [-0.3, -0.25) is 9.69 Å². The molecule has 1 aromatic rings. The molecule has 0 aliphatic carbocycles. The van der Waals surface area contributed by atoms with Gasteiger partial charge >= 0.3 is 5.97 Å². The average Bonchev–Trinajstić information content (AvgIpc) is 2.56. The Morgan fingerprint density at radius 2 is 1.83 bits per heavy atom. The Balaban J connectivity index is 1.67. The Kier molecular flexibility index (Phi) is 4.63. The number of piperazine rings is 3. The lowest BCUT2D eigenvalue weighted by molar-refractivity contribution is -0.933. The Bertz CT molecular complexity index is 581. The maximum Gasteiger partial charge on any atom is 0.340 e. The smallest absolute Gasteiger partial charge is 0.340 e. The molecule has 0 atom stereocenters. The van der Waals surface area contributed by atoms with E-state index in [1.54, 1.807) is 25.1 Å². The highest BCUT2D eigenvalue weighted by Crippen LogP contribution is 2.21. The lowest BCUT2D eigenvalue weighted by atomic mass is 10.1. The number of esters is 1. The molecule has 0 radical (unpaired) electrons. The quantitative estimate of drug-likeness (QED) is 0.649. The molecule has 6 nitrogen and oxygen atoms in total. The van der Waals surface area contributed by atoms with Crippen molar-refractivity contribution in [3.63, 3.8) is 0 Å². The van der Waals surface area contributed by atoms with Gasteiger partial charge in [0.15, 0.2) is 6.54 Å². The standard InChI is InChI=1S/C17H23N3O3/c1-2-23-17(22)14-5-3-4-6-15(14)18-16(21)13-20-10-7-19(8-11-20)9-12-20/h3-6H,2,7-13H2,1H3/p+1. The molecule has 3 aliphatic rings. The van der Waals surface area contributed by atoms with Crippen molar-refractivity contribution >= 4 is 17.6 Å². The number of carbonyl (C=O) groups is 2. The molecule has 3 heterocycles. The molecule has 0 saturated carbocycles. The van der Waals surface area contributed by atoms with Crippen LogP contribution >= 0.6 is 0 Å². The molecule has 3 fully saturated rings. The minimum atomic E-state index is -0.401. The minimum Gasteiger partial charge on any atom is -0.462 e. The van der Waals surface area contributed by atoms with Gasteiger partial charge in [-0.25, -0.2) is 4.79 Å². The third kappa shape index (κ3) is 3.54. The number of para-hydroxylation sites is 1. The van der Waals surface area contributed by atoms with E-state index >= 15 is 0 Å². The third-order valence-electron chi connectivity index (χ3n) is 4.85. The number of ether oxygens (including phenoxy) is 1. The summed E-state index contributed by atoms with van der Waals surface area (Å²) in [6.45, 7) is 8.90. The molecule has 0 aromatic heterocycles. The van der Waals surface area contributed by atoms with E-state index in [0.29, 0.717) is 24.4 Å². The number of nitrogens with one attached hydrogen (secondary N) is 1. The summed E-state index contributed by atoms with van der Waals surface area (Å²) in [5.74, 6) is -0.431. The highest BCUT2D eigenvalue weighted by Gasteiger charge is 2.39. The lowest BCUT2D eigenvalue weighted by Crippen LogP contribution is -2.68. The first-order chi connectivity index (χ1) is 11.1. The van der Waals surface area contributed by atoms with Gasteiger partial charge in [-0.05, 0) is 19.1 Å². The van der Waals surface area contributed by atoms with E-state index in [2.05, 4.69) is 10.2 Å². The van der Waals surface area contributed by atoms with Crippen LogP contribution in [-0.2, 0) is 9.53 Å². The fourth-order valence-electron chi connectivity index (χ4n) is 3.44. The van der Waals surface area contributed by atoms with Gasteiger partial charge in [0, 0.05) is 19.6 Å². The summed E-state index contributed by atoms with van der Waals surface area (Å²) in [6, 6.07) is 7.01. The zero-order chi connectivity index (χ0) is 16.3. The molecule has 23 heavy (non-hydrogen) atoms. The summed E-state index contributed by atoms with van der Waals surface area (Å²) in [6.07, 6.45) is 0. The second-order valence-electron chi connectivity index (χ2n) is 6.33. The molecule has 124 valence electrons. The molecular formula is C17H24N3O3+. The monoisotopic (exact) mass is 318 g/mol. The molecule has 1 amide bonds. The Morgan fingerprint density at radius 1 is 1.17 bits per heavy atom. The van der Waals surface area contributed by atoms with E-state index in [9.17, 15) is 9.59 Å². The van der Waals surface area contributed by atoms with Crippen molar-refractivity contribution in [2.45, 2.75) is 6.92 Å². The van der Waals surface area contributed by atoms with Gasteiger partial charge in [0.05, 0.1) is 37.5 Å². The van der Waals surface area contributed by atoms with Crippen LogP contribution < -0.4 is 5.32 Å². The van der Waals surface area contributed by atoms with Gasteiger partial charge < -0.3 is 14.5 Å². The fourth-order valence-corrected chi connectivity index (χ4v) is 3.44. The molecule has 0 unspecified atom stereocenters. The van der Waals surface area contributed by atoms with Crippen molar-refractivity contribution in [2.24, 2.45) is 0 Å². The molecule has 4 rings (SSSR count). The number of benzene rings is 1. The number of hydrogen-bond donors (Lipinski definition) is 1. The molecule has 1 N–H and O–H groups in total. The molecular weight excluding hydrogens is 294 g/mol. The minimum absolute atomic E-state index is 0.0305. The summed E-state index contributed by atoms with van der Waals surface area (Å²) in [4.78, 5) is 26.9. The van der Waals surface area contributed by atoms with E-state index in [1.807, 2.05) is 6.07 Å². The van der Waals surface area contributed by atoms with E-state index in [4.69, 9.17) is 4.74 Å². The molecule has 0 spiro atoms. The largest absolute Gasteiger partial charge is 0.462 e. The predicted octanol–water partition coefficient (Wildman–Crippen LogP) is 0.948. The first-order valence-corrected chi connectivity index (χ1v) is 8.25. The number of hydrogen-bond acceptors (Lipinski definition) is 4.